The Morgan fingerprint density at radius 3 is 2.26 bits per heavy atom. The molecule has 7 N–H and O–H groups in total. The van der Waals surface area contributed by atoms with Crippen LogP contribution in [0.15, 0.2) is 0 Å². The van der Waals surface area contributed by atoms with Gasteiger partial charge in [-0.25, -0.2) is 4.79 Å². The molecule has 132 valence electrons. The number of hydrogen-bond acceptors (Lipinski definition) is 6. The summed E-state index contributed by atoms with van der Waals surface area (Å²) in [5.41, 5.74) is 10.7. The molecule has 0 radical (unpaired) electrons. The average molecular weight is 330 g/mol. The molecule has 0 aliphatic carbocycles. The molecule has 1 atom stereocenters. The molecule has 0 spiro atoms. The quantitative estimate of drug-likeness (QED) is 0.110. The van der Waals surface area contributed by atoms with Gasteiger partial charge in [0, 0.05) is 19.4 Å². The van der Waals surface area contributed by atoms with Gasteiger partial charge < -0.3 is 26.6 Å². The van der Waals surface area contributed by atoms with Crippen molar-refractivity contribution in [3.05, 3.63) is 0 Å². The van der Waals surface area contributed by atoms with E-state index in [0.29, 0.717) is 38.6 Å². The van der Waals surface area contributed by atoms with Crippen molar-refractivity contribution < 1.29 is 24.2 Å². The Labute approximate surface area is 135 Å². The van der Waals surface area contributed by atoms with Crippen LogP contribution in [0.3, 0.4) is 0 Å². The Morgan fingerprint density at radius 1 is 1.09 bits per heavy atom. The van der Waals surface area contributed by atoms with E-state index in [0.717, 1.165) is 6.42 Å². The molecule has 0 aliphatic heterocycles. The van der Waals surface area contributed by atoms with E-state index in [4.69, 9.17) is 22.0 Å². The van der Waals surface area contributed by atoms with Gasteiger partial charge in [-0.05, 0) is 25.7 Å². The van der Waals surface area contributed by atoms with Crippen LogP contribution < -0.4 is 16.8 Å². The van der Waals surface area contributed by atoms with Crippen LogP contribution in [-0.4, -0.2) is 41.6 Å². The van der Waals surface area contributed by atoms with Crippen molar-refractivity contribution >= 4 is 23.9 Å². The summed E-state index contributed by atoms with van der Waals surface area (Å²) in [6.45, 7) is 0.417. The van der Waals surface area contributed by atoms with Crippen molar-refractivity contribution in [2.45, 2.75) is 57.4 Å². The molecule has 0 bridgehead atoms. The molecular weight excluding hydrogens is 304 g/mol. The lowest BCUT2D eigenvalue weighted by Gasteiger charge is -2.10. The van der Waals surface area contributed by atoms with Crippen molar-refractivity contribution in [3.8, 4) is 0 Å². The van der Waals surface area contributed by atoms with Crippen LogP contribution in [0.4, 0.5) is 0 Å². The van der Waals surface area contributed by atoms with Gasteiger partial charge in [0.2, 0.25) is 0 Å². The minimum atomic E-state index is -0.886. The smallest absolute Gasteiger partial charge is 0.330 e. The number of hydrogen-bond donors (Lipinski definition) is 5. The SMILES string of the molecule is N=C(N)NCCC[C@H](N)C(=O)OC(=O)CCCCCCC(=O)O. The first-order valence-corrected chi connectivity index (χ1v) is 7.62. The fourth-order valence-corrected chi connectivity index (χ4v) is 1.80. The van der Waals surface area contributed by atoms with Gasteiger partial charge in [0.25, 0.3) is 0 Å². The fourth-order valence-electron chi connectivity index (χ4n) is 1.80. The first kappa shape index (κ1) is 20.8. The van der Waals surface area contributed by atoms with Gasteiger partial charge in [0.05, 0.1) is 0 Å². The zero-order valence-electron chi connectivity index (χ0n) is 13.2. The second kappa shape index (κ2) is 12.4. The van der Waals surface area contributed by atoms with Crippen LogP contribution in [0.2, 0.25) is 0 Å². The van der Waals surface area contributed by atoms with Gasteiger partial charge in [0.1, 0.15) is 6.04 Å². The van der Waals surface area contributed by atoms with E-state index >= 15 is 0 Å². The van der Waals surface area contributed by atoms with Crippen molar-refractivity contribution in [2.75, 3.05) is 6.54 Å². The Kier molecular flexibility index (Phi) is 11.2. The van der Waals surface area contributed by atoms with Crippen molar-refractivity contribution in [1.82, 2.24) is 5.32 Å². The third kappa shape index (κ3) is 13.2. The number of guanidine groups is 1. The Morgan fingerprint density at radius 2 is 1.70 bits per heavy atom. The molecule has 9 nitrogen and oxygen atoms in total. The molecule has 0 saturated heterocycles. The van der Waals surface area contributed by atoms with Crippen LogP contribution in [0.25, 0.3) is 0 Å². The lowest BCUT2D eigenvalue weighted by molar-refractivity contribution is -0.160. The first-order valence-electron chi connectivity index (χ1n) is 7.62. The number of rotatable bonds is 12. The topological polar surface area (TPSA) is 169 Å². The molecule has 0 aromatic carbocycles. The second-order valence-corrected chi connectivity index (χ2v) is 5.19. The standard InChI is InChI=1S/C14H26N4O5/c15-10(6-5-9-18-14(16)17)13(22)23-12(21)8-4-2-1-3-7-11(19)20/h10H,1-9,15H2,(H,19,20)(H4,16,17,18)/t10-/m0/s1. The molecule has 0 unspecified atom stereocenters. The number of ether oxygens (including phenoxy) is 1. The molecule has 9 heteroatoms. The summed E-state index contributed by atoms with van der Waals surface area (Å²) in [6, 6.07) is -0.886. The van der Waals surface area contributed by atoms with Crippen molar-refractivity contribution in [3.63, 3.8) is 0 Å². The summed E-state index contributed by atoms with van der Waals surface area (Å²) in [7, 11) is 0. The van der Waals surface area contributed by atoms with Crippen LogP contribution in [0, 0.1) is 5.41 Å². The Hall–Kier alpha value is -2.16. The molecule has 0 saturated carbocycles. The predicted octanol–water partition coefficient (Wildman–Crippen LogP) is 0.0720. The highest BCUT2D eigenvalue weighted by molar-refractivity contribution is 5.88. The van der Waals surface area contributed by atoms with Crippen molar-refractivity contribution in [2.24, 2.45) is 11.5 Å². The molecule has 0 aromatic rings. The third-order valence-corrected chi connectivity index (χ3v) is 3.05. The summed E-state index contributed by atoms with van der Waals surface area (Å²) >= 11 is 0. The summed E-state index contributed by atoms with van der Waals surface area (Å²) in [5.74, 6) is -2.36. The van der Waals surface area contributed by atoms with Crippen LogP contribution in [0.1, 0.15) is 51.4 Å². The average Bonchev–Trinajstić information content (AvgIpc) is 2.46. The van der Waals surface area contributed by atoms with E-state index in [-0.39, 0.29) is 18.8 Å². The number of esters is 2. The minimum Gasteiger partial charge on any atom is -0.481 e. The van der Waals surface area contributed by atoms with Gasteiger partial charge in [-0.2, -0.15) is 0 Å². The molecule has 0 aromatic heterocycles. The fraction of sp³-hybridized carbons (Fsp3) is 0.714. The molecule has 0 aliphatic rings. The van der Waals surface area contributed by atoms with Crippen LogP contribution in [-0.2, 0) is 19.1 Å². The molecule has 0 fully saturated rings. The van der Waals surface area contributed by atoms with E-state index in [1.807, 2.05) is 0 Å². The second-order valence-electron chi connectivity index (χ2n) is 5.19. The molecule has 0 amide bonds. The molecule has 23 heavy (non-hydrogen) atoms. The predicted molar refractivity (Wildman–Crippen MR) is 83.6 cm³/mol. The Bertz CT molecular complexity index is 414. The monoisotopic (exact) mass is 330 g/mol. The van der Waals surface area contributed by atoms with E-state index in [1.54, 1.807) is 0 Å². The number of unbranched alkanes of at least 4 members (excludes halogenated alkanes) is 3. The van der Waals surface area contributed by atoms with Gasteiger partial charge in [-0.3, -0.25) is 15.0 Å². The largest absolute Gasteiger partial charge is 0.481 e. The first-order chi connectivity index (χ1) is 10.8. The minimum absolute atomic E-state index is 0.109. The molecular formula is C14H26N4O5. The normalized spacial score (nSPS) is 11.5. The number of carboxylic acids is 1. The highest BCUT2D eigenvalue weighted by Gasteiger charge is 2.18. The van der Waals surface area contributed by atoms with E-state index in [1.165, 1.54) is 0 Å². The van der Waals surface area contributed by atoms with Gasteiger partial charge in [-0.15, -0.1) is 0 Å². The number of aliphatic carboxylic acids is 1. The maximum Gasteiger partial charge on any atom is 0.330 e. The lowest BCUT2D eigenvalue weighted by Crippen LogP contribution is -2.36. The van der Waals surface area contributed by atoms with E-state index < -0.39 is 23.9 Å². The Balaban J connectivity index is 3.69. The van der Waals surface area contributed by atoms with Crippen LogP contribution in [0.5, 0.6) is 0 Å². The highest BCUT2D eigenvalue weighted by atomic mass is 16.6. The summed E-state index contributed by atoms with van der Waals surface area (Å²) in [6.07, 6.45) is 3.62. The number of nitrogens with one attached hydrogen (secondary N) is 2. The number of carbonyl (C=O) groups is 3. The highest BCUT2D eigenvalue weighted by Crippen LogP contribution is 2.07. The maximum absolute atomic E-state index is 11.6. The zero-order chi connectivity index (χ0) is 17.7. The summed E-state index contributed by atoms with van der Waals surface area (Å²) in [4.78, 5) is 33.3. The number of nitrogens with two attached hydrogens (primary N) is 2. The molecule has 0 rings (SSSR count). The van der Waals surface area contributed by atoms with E-state index in [9.17, 15) is 14.4 Å². The van der Waals surface area contributed by atoms with E-state index in [2.05, 4.69) is 10.1 Å². The summed E-state index contributed by atoms with van der Waals surface area (Å²) < 4.78 is 4.65. The van der Waals surface area contributed by atoms with Gasteiger partial charge in [-0.1, -0.05) is 12.8 Å². The summed E-state index contributed by atoms with van der Waals surface area (Å²) in [5, 5.41) is 18.0. The van der Waals surface area contributed by atoms with Gasteiger partial charge >= 0.3 is 17.9 Å². The zero-order valence-corrected chi connectivity index (χ0v) is 13.2. The molecule has 0 heterocycles. The van der Waals surface area contributed by atoms with Crippen LogP contribution >= 0.6 is 0 Å². The third-order valence-electron chi connectivity index (χ3n) is 3.05. The lowest BCUT2D eigenvalue weighted by atomic mass is 10.1. The number of carbonyl (C=O) groups excluding carboxylic acids is 2. The maximum atomic E-state index is 11.6. The van der Waals surface area contributed by atoms with Gasteiger partial charge in [0.15, 0.2) is 5.96 Å². The number of carboxylic acid groups (broad SMARTS) is 1. The van der Waals surface area contributed by atoms with Crippen molar-refractivity contribution in [1.29, 1.82) is 5.41 Å².